The lowest BCUT2D eigenvalue weighted by Gasteiger charge is -2.17. The summed E-state index contributed by atoms with van der Waals surface area (Å²) in [6, 6.07) is 11.1. The third kappa shape index (κ3) is 3.76. The number of fused-ring (bicyclic) bond motifs is 1. The Morgan fingerprint density at radius 2 is 2.07 bits per heavy atom. The van der Waals surface area contributed by atoms with Crippen molar-refractivity contribution in [3.63, 3.8) is 0 Å². The molecule has 0 aliphatic carbocycles. The molecule has 0 unspecified atom stereocenters. The molecule has 0 aromatic heterocycles. The molecule has 4 rings (SSSR count). The average Bonchev–Trinajstić information content (AvgIpc) is 3.21. The maximum absolute atomic E-state index is 12.8. The van der Waals surface area contributed by atoms with Crippen LogP contribution in [0, 0.1) is 6.92 Å². The summed E-state index contributed by atoms with van der Waals surface area (Å²) in [6.45, 7) is 2.47. The van der Waals surface area contributed by atoms with Crippen molar-refractivity contribution in [1.29, 1.82) is 0 Å². The van der Waals surface area contributed by atoms with Crippen molar-refractivity contribution in [3.05, 3.63) is 57.5 Å². The Morgan fingerprint density at radius 1 is 1.26 bits per heavy atom. The number of aryl methyl sites for hydroxylation is 1. The Bertz CT molecular complexity index is 977. The fraction of sp³-hybridized carbons (Fsp3) is 0.158. The molecule has 2 aromatic carbocycles. The van der Waals surface area contributed by atoms with E-state index in [0.717, 1.165) is 16.8 Å². The molecular weight excluding hydrogens is 404 g/mol. The summed E-state index contributed by atoms with van der Waals surface area (Å²) in [5, 5.41) is 3.87. The van der Waals surface area contributed by atoms with Crippen LogP contribution in [-0.4, -0.2) is 28.6 Å². The number of carbonyl (C=O) groups is 1. The highest BCUT2D eigenvalue weighted by Crippen LogP contribution is 2.36. The van der Waals surface area contributed by atoms with E-state index in [9.17, 15) is 4.79 Å². The van der Waals surface area contributed by atoms with Crippen molar-refractivity contribution in [2.75, 3.05) is 18.8 Å². The molecule has 2 aliphatic heterocycles. The van der Waals surface area contributed by atoms with Gasteiger partial charge in [0.25, 0.3) is 5.91 Å². The standard InChI is InChI=1S/C19H15ClN2O3S2/c1-11-2-4-13(20)8-14(11)21-9-22-18(23)17(27-19(22)26)7-12-3-5-15-16(6-12)25-10-24-15/h2-8,21H,9-10H2,1H3. The number of thiocarbonyl (C=S) groups is 1. The molecule has 2 aromatic rings. The summed E-state index contributed by atoms with van der Waals surface area (Å²) >= 11 is 12.7. The Labute approximate surface area is 171 Å². The summed E-state index contributed by atoms with van der Waals surface area (Å²) in [5.41, 5.74) is 2.77. The first-order valence-corrected chi connectivity index (χ1v) is 9.76. The van der Waals surface area contributed by atoms with Crippen molar-refractivity contribution >= 4 is 57.6 Å². The van der Waals surface area contributed by atoms with Gasteiger partial charge < -0.3 is 14.8 Å². The lowest BCUT2D eigenvalue weighted by molar-refractivity contribution is -0.121. The van der Waals surface area contributed by atoms with Crippen molar-refractivity contribution in [2.45, 2.75) is 6.92 Å². The molecule has 5 nitrogen and oxygen atoms in total. The third-order valence-electron chi connectivity index (χ3n) is 4.20. The number of halogens is 1. The molecular formula is C19H15ClN2O3S2. The van der Waals surface area contributed by atoms with Gasteiger partial charge in [0.05, 0.1) is 11.6 Å². The van der Waals surface area contributed by atoms with Crippen LogP contribution in [0.4, 0.5) is 5.69 Å². The van der Waals surface area contributed by atoms with E-state index in [4.69, 9.17) is 33.3 Å². The maximum Gasteiger partial charge on any atom is 0.267 e. The first-order chi connectivity index (χ1) is 13.0. The fourth-order valence-corrected chi connectivity index (χ4v) is 4.17. The van der Waals surface area contributed by atoms with Gasteiger partial charge in [-0.25, -0.2) is 0 Å². The van der Waals surface area contributed by atoms with E-state index >= 15 is 0 Å². The number of amides is 1. The Balaban J connectivity index is 1.49. The minimum atomic E-state index is -0.130. The predicted octanol–water partition coefficient (Wildman–Crippen LogP) is 4.65. The Hall–Kier alpha value is -2.22. The smallest absolute Gasteiger partial charge is 0.267 e. The molecule has 1 fully saturated rings. The third-order valence-corrected chi connectivity index (χ3v) is 5.81. The molecule has 0 saturated carbocycles. The van der Waals surface area contributed by atoms with Gasteiger partial charge >= 0.3 is 0 Å². The highest BCUT2D eigenvalue weighted by molar-refractivity contribution is 8.26. The van der Waals surface area contributed by atoms with Gasteiger partial charge in [-0.1, -0.05) is 47.7 Å². The van der Waals surface area contributed by atoms with E-state index < -0.39 is 0 Å². The van der Waals surface area contributed by atoms with Gasteiger partial charge in [-0.3, -0.25) is 9.69 Å². The van der Waals surface area contributed by atoms with Crippen LogP contribution in [0.5, 0.6) is 11.5 Å². The zero-order valence-corrected chi connectivity index (χ0v) is 16.7. The molecule has 0 bridgehead atoms. The molecule has 1 N–H and O–H groups in total. The van der Waals surface area contributed by atoms with Crippen LogP contribution in [0.3, 0.4) is 0 Å². The number of anilines is 1. The summed E-state index contributed by atoms with van der Waals surface area (Å²) in [7, 11) is 0. The van der Waals surface area contributed by atoms with Crippen LogP contribution in [0.15, 0.2) is 41.3 Å². The molecule has 8 heteroatoms. The van der Waals surface area contributed by atoms with Crippen LogP contribution < -0.4 is 14.8 Å². The number of rotatable bonds is 4. The average molecular weight is 419 g/mol. The van der Waals surface area contributed by atoms with Crippen molar-refractivity contribution in [1.82, 2.24) is 4.90 Å². The second kappa shape index (κ2) is 7.42. The number of nitrogens with zero attached hydrogens (tertiary/aromatic N) is 1. The highest BCUT2D eigenvalue weighted by atomic mass is 35.5. The van der Waals surface area contributed by atoms with E-state index in [0.29, 0.717) is 25.7 Å². The number of thioether (sulfide) groups is 1. The summed E-state index contributed by atoms with van der Waals surface area (Å²) in [6.07, 6.45) is 1.81. The van der Waals surface area contributed by atoms with E-state index in [-0.39, 0.29) is 19.4 Å². The molecule has 1 saturated heterocycles. The minimum Gasteiger partial charge on any atom is -0.454 e. The van der Waals surface area contributed by atoms with E-state index in [1.165, 1.54) is 11.8 Å². The predicted molar refractivity (Wildman–Crippen MR) is 112 cm³/mol. The molecule has 0 atom stereocenters. The quantitative estimate of drug-likeness (QED) is 0.576. The van der Waals surface area contributed by atoms with Gasteiger partial charge in [-0.2, -0.15) is 0 Å². The first-order valence-electron chi connectivity index (χ1n) is 8.16. The van der Waals surface area contributed by atoms with E-state index in [1.54, 1.807) is 4.90 Å². The number of hydrogen-bond donors (Lipinski definition) is 1. The minimum absolute atomic E-state index is 0.130. The largest absolute Gasteiger partial charge is 0.454 e. The van der Waals surface area contributed by atoms with Crippen LogP contribution >= 0.6 is 35.6 Å². The van der Waals surface area contributed by atoms with Gasteiger partial charge in [0, 0.05) is 10.7 Å². The van der Waals surface area contributed by atoms with Gasteiger partial charge in [0.1, 0.15) is 4.32 Å². The number of benzene rings is 2. The number of ether oxygens (including phenoxy) is 2. The van der Waals surface area contributed by atoms with Crippen LogP contribution in [0.2, 0.25) is 5.02 Å². The highest BCUT2D eigenvalue weighted by Gasteiger charge is 2.32. The Kier molecular flexibility index (Phi) is 4.99. The van der Waals surface area contributed by atoms with Crippen LogP contribution in [0.1, 0.15) is 11.1 Å². The van der Waals surface area contributed by atoms with Crippen molar-refractivity contribution in [2.24, 2.45) is 0 Å². The first kappa shape index (κ1) is 18.2. The lowest BCUT2D eigenvalue weighted by atomic mass is 10.2. The SMILES string of the molecule is Cc1ccc(Cl)cc1NCN1C(=O)C(=Cc2ccc3c(c2)OCO3)SC1=S. The molecule has 2 aliphatic rings. The van der Waals surface area contributed by atoms with Gasteiger partial charge in [0.2, 0.25) is 6.79 Å². The van der Waals surface area contributed by atoms with Crippen molar-refractivity contribution < 1.29 is 14.3 Å². The van der Waals surface area contributed by atoms with E-state index in [2.05, 4.69) is 5.32 Å². The van der Waals surface area contributed by atoms with Gasteiger partial charge in [-0.15, -0.1) is 0 Å². The monoisotopic (exact) mass is 418 g/mol. The lowest BCUT2D eigenvalue weighted by Crippen LogP contribution is -2.33. The summed E-state index contributed by atoms with van der Waals surface area (Å²) < 4.78 is 11.2. The zero-order valence-electron chi connectivity index (χ0n) is 14.3. The molecule has 1 amide bonds. The maximum atomic E-state index is 12.8. The second-order valence-electron chi connectivity index (χ2n) is 6.02. The normalized spacial score (nSPS) is 17.1. The fourth-order valence-electron chi connectivity index (χ4n) is 2.74. The van der Waals surface area contributed by atoms with Gasteiger partial charge in [-0.05, 0) is 48.4 Å². The number of hydrogen-bond acceptors (Lipinski definition) is 6. The summed E-state index contributed by atoms with van der Waals surface area (Å²) in [4.78, 5) is 14.9. The Morgan fingerprint density at radius 3 is 2.93 bits per heavy atom. The summed E-state index contributed by atoms with van der Waals surface area (Å²) in [5.74, 6) is 1.26. The zero-order chi connectivity index (χ0) is 19.0. The number of carbonyl (C=O) groups excluding carboxylic acids is 1. The van der Waals surface area contributed by atoms with Crippen LogP contribution in [-0.2, 0) is 4.79 Å². The topological polar surface area (TPSA) is 50.8 Å². The molecule has 0 radical (unpaired) electrons. The molecule has 27 heavy (non-hydrogen) atoms. The molecule has 138 valence electrons. The van der Waals surface area contributed by atoms with E-state index in [1.807, 2.05) is 49.4 Å². The van der Waals surface area contributed by atoms with Crippen LogP contribution in [0.25, 0.3) is 6.08 Å². The number of nitrogens with one attached hydrogen (secondary N) is 1. The van der Waals surface area contributed by atoms with Gasteiger partial charge in [0.15, 0.2) is 11.5 Å². The van der Waals surface area contributed by atoms with Crippen molar-refractivity contribution in [3.8, 4) is 11.5 Å². The molecule has 2 heterocycles. The second-order valence-corrected chi connectivity index (χ2v) is 8.13. The molecule has 0 spiro atoms.